The number of aryl methyl sites for hydroxylation is 2. The molecular formula is C18H17BrN4O2. The fraction of sp³-hybridized carbons (Fsp3) is 0.222. The first-order valence-electron chi connectivity index (χ1n) is 7.84. The quantitative estimate of drug-likeness (QED) is 0.855. The summed E-state index contributed by atoms with van der Waals surface area (Å²) in [7, 11) is 0. The van der Waals surface area contributed by atoms with Gasteiger partial charge in [-0.15, -0.1) is 0 Å². The van der Waals surface area contributed by atoms with E-state index in [1.165, 1.54) is 5.01 Å². The van der Waals surface area contributed by atoms with Crippen molar-refractivity contribution in [2.75, 3.05) is 10.3 Å². The van der Waals surface area contributed by atoms with E-state index in [2.05, 4.69) is 31.3 Å². The number of nitrogens with zero attached hydrogens (tertiary/aromatic N) is 3. The lowest BCUT2D eigenvalue weighted by atomic mass is 10.1. The second kappa shape index (κ2) is 7.14. The Morgan fingerprint density at radius 3 is 2.72 bits per heavy atom. The SMILES string of the molecule is Cc1ccc(C)c(N2N=C(C(=O)Nc3ccc(Br)cn3)CCC2=O)c1. The lowest BCUT2D eigenvalue weighted by Gasteiger charge is -2.24. The molecule has 1 aliphatic heterocycles. The zero-order chi connectivity index (χ0) is 18.0. The molecule has 25 heavy (non-hydrogen) atoms. The molecule has 0 saturated heterocycles. The first-order valence-corrected chi connectivity index (χ1v) is 8.64. The molecule has 3 rings (SSSR count). The highest BCUT2D eigenvalue weighted by atomic mass is 79.9. The lowest BCUT2D eigenvalue weighted by molar-refractivity contribution is -0.118. The number of hydrogen-bond acceptors (Lipinski definition) is 4. The molecule has 2 amide bonds. The first-order chi connectivity index (χ1) is 11.9. The number of hydrogen-bond donors (Lipinski definition) is 1. The second-order valence-electron chi connectivity index (χ2n) is 5.86. The Balaban J connectivity index is 1.86. The van der Waals surface area contributed by atoms with Crippen molar-refractivity contribution in [2.45, 2.75) is 26.7 Å². The number of carbonyl (C=O) groups is 2. The van der Waals surface area contributed by atoms with Crippen LogP contribution in [0.3, 0.4) is 0 Å². The first kappa shape index (κ1) is 17.3. The maximum absolute atomic E-state index is 12.5. The average Bonchev–Trinajstić information content (AvgIpc) is 2.59. The fourth-order valence-electron chi connectivity index (χ4n) is 2.49. The van der Waals surface area contributed by atoms with Crippen LogP contribution in [0.5, 0.6) is 0 Å². The Morgan fingerprint density at radius 2 is 2.00 bits per heavy atom. The van der Waals surface area contributed by atoms with E-state index in [0.29, 0.717) is 23.6 Å². The number of nitrogens with one attached hydrogen (secondary N) is 1. The Hall–Kier alpha value is -2.54. The van der Waals surface area contributed by atoms with Gasteiger partial charge in [-0.05, 0) is 59.1 Å². The highest BCUT2D eigenvalue weighted by molar-refractivity contribution is 9.10. The molecule has 7 heteroatoms. The third-order valence-corrected chi connectivity index (χ3v) is 4.33. The molecule has 0 spiro atoms. The van der Waals surface area contributed by atoms with E-state index < -0.39 is 0 Å². The average molecular weight is 401 g/mol. The zero-order valence-electron chi connectivity index (χ0n) is 13.9. The van der Waals surface area contributed by atoms with Gasteiger partial charge in [-0.1, -0.05) is 12.1 Å². The van der Waals surface area contributed by atoms with E-state index in [4.69, 9.17) is 0 Å². The van der Waals surface area contributed by atoms with E-state index in [1.807, 2.05) is 32.0 Å². The van der Waals surface area contributed by atoms with Gasteiger partial charge in [0.15, 0.2) is 0 Å². The van der Waals surface area contributed by atoms with Crippen molar-refractivity contribution in [3.8, 4) is 0 Å². The largest absolute Gasteiger partial charge is 0.305 e. The van der Waals surface area contributed by atoms with Crippen molar-refractivity contribution in [1.29, 1.82) is 0 Å². The molecule has 0 atom stereocenters. The number of pyridine rings is 1. The van der Waals surface area contributed by atoms with Crippen molar-refractivity contribution < 1.29 is 9.59 Å². The van der Waals surface area contributed by atoms with E-state index in [9.17, 15) is 9.59 Å². The molecule has 1 aliphatic rings. The van der Waals surface area contributed by atoms with Crippen LogP contribution < -0.4 is 10.3 Å². The molecular weight excluding hydrogens is 384 g/mol. The maximum Gasteiger partial charge on any atom is 0.273 e. The minimum absolute atomic E-state index is 0.119. The number of anilines is 2. The van der Waals surface area contributed by atoms with Crippen molar-refractivity contribution in [3.05, 3.63) is 52.1 Å². The number of amides is 2. The summed E-state index contributed by atoms with van der Waals surface area (Å²) in [5.41, 5.74) is 2.97. The molecule has 0 radical (unpaired) electrons. The molecule has 0 unspecified atom stereocenters. The summed E-state index contributed by atoms with van der Waals surface area (Å²) < 4.78 is 0.826. The third kappa shape index (κ3) is 3.93. The standard InChI is InChI=1S/C18H17BrN4O2/c1-11-3-4-12(2)15(9-11)23-17(24)8-6-14(22-23)18(25)21-16-7-5-13(19)10-20-16/h3-5,7,9-10H,6,8H2,1-2H3,(H,20,21,25). The molecule has 2 heterocycles. The second-order valence-corrected chi connectivity index (χ2v) is 6.77. The van der Waals surface area contributed by atoms with Crippen LogP contribution in [0.25, 0.3) is 0 Å². The summed E-state index contributed by atoms with van der Waals surface area (Å²) in [5.74, 6) is -0.0317. The van der Waals surface area contributed by atoms with Crippen LogP contribution in [0.1, 0.15) is 24.0 Å². The van der Waals surface area contributed by atoms with Crippen LogP contribution in [0.4, 0.5) is 11.5 Å². The van der Waals surface area contributed by atoms with Gasteiger partial charge in [-0.3, -0.25) is 9.59 Å². The topological polar surface area (TPSA) is 74.7 Å². The van der Waals surface area contributed by atoms with Gasteiger partial charge in [0.05, 0.1) is 5.69 Å². The van der Waals surface area contributed by atoms with Crippen LogP contribution >= 0.6 is 15.9 Å². The van der Waals surface area contributed by atoms with Gasteiger partial charge in [0.25, 0.3) is 5.91 Å². The van der Waals surface area contributed by atoms with Crippen molar-refractivity contribution >= 4 is 45.0 Å². The fourth-order valence-corrected chi connectivity index (χ4v) is 2.73. The normalized spacial score (nSPS) is 14.3. The smallest absolute Gasteiger partial charge is 0.273 e. The Morgan fingerprint density at radius 1 is 1.20 bits per heavy atom. The summed E-state index contributed by atoms with van der Waals surface area (Å²) in [6.07, 6.45) is 2.15. The molecule has 0 saturated carbocycles. The number of rotatable bonds is 3. The summed E-state index contributed by atoms with van der Waals surface area (Å²) >= 11 is 3.30. The van der Waals surface area contributed by atoms with Gasteiger partial charge >= 0.3 is 0 Å². The molecule has 1 N–H and O–H groups in total. The van der Waals surface area contributed by atoms with E-state index >= 15 is 0 Å². The number of aromatic nitrogens is 1. The van der Waals surface area contributed by atoms with Crippen molar-refractivity contribution in [3.63, 3.8) is 0 Å². The Kier molecular flexibility index (Phi) is 4.94. The summed E-state index contributed by atoms with van der Waals surface area (Å²) in [6, 6.07) is 9.29. The molecule has 0 aliphatic carbocycles. The molecule has 6 nitrogen and oxygen atoms in total. The minimum atomic E-state index is -0.349. The molecule has 128 valence electrons. The molecule has 1 aromatic carbocycles. The van der Waals surface area contributed by atoms with Crippen LogP contribution in [0.15, 0.2) is 46.1 Å². The van der Waals surface area contributed by atoms with Gasteiger partial charge in [0.2, 0.25) is 5.91 Å². The molecule has 0 bridgehead atoms. The van der Waals surface area contributed by atoms with E-state index in [-0.39, 0.29) is 18.2 Å². The predicted molar refractivity (Wildman–Crippen MR) is 101 cm³/mol. The highest BCUT2D eigenvalue weighted by Gasteiger charge is 2.26. The Bertz CT molecular complexity index is 862. The zero-order valence-corrected chi connectivity index (χ0v) is 15.5. The molecule has 2 aromatic rings. The van der Waals surface area contributed by atoms with Gasteiger partial charge in [0, 0.05) is 23.5 Å². The number of benzene rings is 1. The van der Waals surface area contributed by atoms with Gasteiger partial charge < -0.3 is 5.32 Å². The minimum Gasteiger partial charge on any atom is -0.305 e. The van der Waals surface area contributed by atoms with Gasteiger partial charge in [-0.2, -0.15) is 5.10 Å². The van der Waals surface area contributed by atoms with Crippen LogP contribution in [0.2, 0.25) is 0 Å². The molecule has 0 fully saturated rings. The number of hydrazone groups is 1. The van der Waals surface area contributed by atoms with E-state index in [1.54, 1.807) is 18.3 Å². The van der Waals surface area contributed by atoms with Crippen LogP contribution in [-0.4, -0.2) is 22.5 Å². The molecule has 1 aromatic heterocycles. The summed E-state index contributed by atoms with van der Waals surface area (Å²) in [4.78, 5) is 28.9. The van der Waals surface area contributed by atoms with Crippen molar-refractivity contribution in [1.82, 2.24) is 4.98 Å². The number of halogens is 1. The van der Waals surface area contributed by atoms with Crippen LogP contribution in [0, 0.1) is 13.8 Å². The monoisotopic (exact) mass is 400 g/mol. The summed E-state index contributed by atoms with van der Waals surface area (Å²) in [6.45, 7) is 3.87. The third-order valence-electron chi connectivity index (χ3n) is 3.86. The number of carbonyl (C=O) groups excluding carboxylic acids is 2. The van der Waals surface area contributed by atoms with Crippen LogP contribution in [-0.2, 0) is 9.59 Å². The maximum atomic E-state index is 12.5. The highest BCUT2D eigenvalue weighted by Crippen LogP contribution is 2.25. The Labute approximate surface area is 154 Å². The summed E-state index contributed by atoms with van der Waals surface area (Å²) in [5, 5.41) is 8.34. The van der Waals surface area contributed by atoms with Gasteiger partial charge in [0.1, 0.15) is 11.5 Å². The van der Waals surface area contributed by atoms with E-state index in [0.717, 1.165) is 15.6 Å². The lowest BCUT2D eigenvalue weighted by Crippen LogP contribution is -2.36. The predicted octanol–water partition coefficient (Wildman–Crippen LogP) is 3.58. The van der Waals surface area contributed by atoms with Crippen molar-refractivity contribution in [2.24, 2.45) is 5.10 Å². The van der Waals surface area contributed by atoms with Gasteiger partial charge in [-0.25, -0.2) is 9.99 Å².